The van der Waals surface area contributed by atoms with Crippen molar-refractivity contribution >= 4 is 6.08 Å². The molecule has 0 atom stereocenters. The zero-order chi connectivity index (χ0) is 9.97. The van der Waals surface area contributed by atoms with E-state index in [9.17, 15) is 10.1 Å². The van der Waals surface area contributed by atoms with E-state index < -0.39 is 4.92 Å². The highest BCUT2D eigenvalue weighted by Crippen LogP contribution is 2.14. The number of hydrogen-bond donors (Lipinski definition) is 0. The van der Waals surface area contributed by atoms with Crippen LogP contribution in [0.15, 0.2) is 12.4 Å². The topological polar surface area (TPSA) is 61.0 Å². The van der Waals surface area contributed by atoms with Crippen molar-refractivity contribution in [2.24, 2.45) is 0 Å². The van der Waals surface area contributed by atoms with Gasteiger partial charge in [0.1, 0.15) is 5.82 Å². The van der Waals surface area contributed by atoms with Crippen molar-refractivity contribution in [3.8, 4) is 0 Å². The molecule has 0 aromatic carbocycles. The van der Waals surface area contributed by atoms with Crippen LogP contribution in [0.4, 0.5) is 0 Å². The molecule has 0 aliphatic carbocycles. The summed E-state index contributed by atoms with van der Waals surface area (Å²) in [6, 6.07) is 0. The van der Waals surface area contributed by atoms with Gasteiger partial charge in [-0.2, -0.15) is 0 Å². The number of nitro groups is 1. The van der Waals surface area contributed by atoms with Gasteiger partial charge in [0.05, 0.1) is 10.6 Å². The van der Waals surface area contributed by atoms with Gasteiger partial charge in [-0.15, -0.1) is 0 Å². The second-order valence-electron chi connectivity index (χ2n) is 3.33. The lowest BCUT2D eigenvalue weighted by molar-refractivity contribution is -0.401. The Balaban J connectivity index is 2.20. The van der Waals surface area contributed by atoms with Crippen molar-refractivity contribution in [2.75, 3.05) is 0 Å². The zero-order valence-corrected chi connectivity index (χ0v) is 7.72. The monoisotopic (exact) mass is 193 g/mol. The summed E-state index contributed by atoms with van der Waals surface area (Å²) in [7, 11) is 0. The average Bonchev–Trinajstić information content (AvgIpc) is 2.57. The van der Waals surface area contributed by atoms with E-state index in [-0.39, 0.29) is 0 Å². The Morgan fingerprint density at radius 1 is 1.57 bits per heavy atom. The maximum absolute atomic E-state index is 10.1. The minimum absolute atomic E-state index is 0.474. The predicted octanol–water partition coefficient (Wildman–Crippen LogP) is 1.47. The zero-order valence-electron chi connectivity index (χ0n) is 7.72. The molecule has 0 unspecified atom stereocenters. The molecule has 1 aromatic heterocycles. The molecule has 1 aliphatic rings. The first-order valence-corrected chi connectivity index (χ1v) is 4.63. The van der Waals surface area contributed by atoms with Crippen LogP contribution in [-0.4, -0.2) is 14.5 Å². The van der Waals surface area contributed by atoms with E-state index in [4.69, 9.17) is 0 Å². The van der Waals surface area contributed by atoms with Crippen LogP contribution in [0.3, 0.4) is 0 Å². The summed E-state index contributed by atoms with van der Waals surface area (Å²) in [5.74, 6) is 1.04. The number of aromatic nitrogens is 2. The highest BCUT2D eigenvalue weighted by atomic mass is 16.6. The Kier molecular flexibility index (Phi) is 2.30. The standard InChI is InChI=1S/C9H11N3O2/c13-12(14)6-4-8-7-11-5-2-1-3-9(11)10-8/h4,6-7H,1-3,5H2/b6-4+. The lowest BCUT2D eigenvalue weighted by Crippen LogP contribution is -2.08. The van der Waals surface area contributed by atoms with E-state index >= 15 is 0 Å². The summed E-state index contributed by atoms with van der Waals surface area (Å²) in [6.45, 7) is 0.981. The van der Waals surface area contributed by atoms with Crippen LogP contribution in [0.25, 0.3) is 6.08 Å². The first-order valence-electron chi connectivity index (χ1n) is 4.63. The molecule has 0 fully saturated rings. The largest absolute Gasteiger partial charge is 0.334 e. The van der Waals surface area contributed by atoms with Crippen LogP contribution in [0.1, 0.15) is 24.4 Å². The van der Waals surface area contributed by atoms with Crippen LogP contribution in [0, 0.1) is 10.1 Å². The number of hydrogen-bond acceptors (Lipinski definition) is 3. The molecule has 0 N–H and O–H groups in total. The molecule has 0 spiro atoms. The third-order valence-corrected chi connectivity index (χ3v) is 2.29. The van der Waals surface area contributed by atoms with Crippen LogP contribution in [-0.2, 0) is 13.0 Å². The fourth-order valence-corrected chi connectivity index (χ4v) is 1.65. The average molecular weight is 193 g/mol. The van der Waals surface area contributed by atoms with Crippen molar-refractivity contribution in [3.63, 3.8) is 0 Å². The lowest BCUT2D eigenvalue weighted by atomic mass is 10.2. The summed E-state index contributed by atoms with van der Waals surface area (Å²) in [5.41, 5.74) is 0.679. The highest BCUT2D eigenvalue weighted by Gasteiger charge is 2.10. The minimum atomic E-state index is -0.474. The summed E-state index contributed by atoms with van der Waals surface area (Å²) >= 11 is 0. The Hall–Kier alpha value is -1.65. The fraction of sp³-hybridized carbons (Fsp3) is 0.444. The van der Waals surface area contributed by atoms with Gasteiger partial charge in [0.2, 0.25) is 6.20 Å². The molecule has 1 aromatic rings. The molecule has 1 aliphatic heterocycles. The van der Waals surface area contributed by atoms with Crippen molar-refractivity contribution in [1.29, 1.82) is 0 Å². The third kappa shape index (κ3) is 1.81. The molecule has 5 nitrogen and oxygen atoms in total. The van der Waals surface area contributed by atoms with Crippen LogP contribution in [0.2, 0.25) is 0 Å². The first kappa shape index (κ1) is 8.93. The SMILES string of the molecule is O=[N+]([O-])/C=C/c1cn2c(n1)CCCC2. The Labute approximate surface area is 81.2 Å². The normalized spacial score (nSPS) is 15.7. The quantitative estimate of drug-likeness (QED) is 0.527. The third-order valence-electron chi connectivity index (χ3n) is 2.29. The molecule has 0 saturated carbocycles. The van der Waals surface area contributed by atoms with Crippen molar-refractivity contribution in [1.82, 2.24) is 9.55 Å². The molecule has 5 heteroatoms. The van der Waals surface area contributed by atoms with Gasteiger partial charge in [0, 0.05) is 25.2 Å². The van der Waals surface area contributed by atoms with Crippen LogP contribution < -0.4 is 0 Å². The molecule has 2 rings (SSSR count). The summed E-state index contributed by atoms with van der Waals surface area (Å²) in [5, 5.41) is 10.1. The second-order valence-corrected chi connectivity index (χ2v) is 3.33. The first-order chi connectivity index (χ1) is 6.75. The predicted molar refractivity (Wildman–Crippen MR) is 51.2 cm³/mol. The molecular formula is C9H11N3O2. The number of fused-ring (bicyclic) bond motifs is 1. The maximum atomic E-state index is 10.1. The Morgan fingerprint density at radius 3 is 3.14 bits per heavy atom. The van der Waals surface area contributed by atoms with Gasteiger partial charge in [0.15, 0.2) is 0 Å². The van der Waals surface area contributed by atoms with Gasteiger partial charge in [-0.25, -0.2) is 4.98 Å². The molecule has 74 valence electrons. The molecule has 0 bridgehead atoms. The summed E-state index contributed by atoms with van der Waals surface area (Å²) in [6.07, 6.45) is 7.54. The van der Waals surface area contributed by atoms with Crippen LogP contribution in [0.5, 0.6) is 0 Å². The number of imidazole rings is 1. The maximum Gasteiger partial charge on any atom is 0.236 e. The summed E-state index contributed by atoms with van der Waals surface area (Å²) in [4.78, 5) is 13.9. The van der Waals surface area contributed by atoms with Crippen molar-refractivity contribution in [3.05, 3.63) is 34.0 Å². The lowest BCUT2D eigenvalue weighted by Gasteiger charge is -2.11. The van der Waals surface area contributed by atoms with Gasteiger partial charge in [-0.1, -0.05) is 0 Å². The minimum Gasteiger partial charge on any atom is -0.334 e. The Morgan fingerprint density at radius 2 is 2.43 bits per heavy atom. The van der Waals surface area contributed by atoms with E-state index in [1.165, 1.54) is 12.5 Å². The van der Waals surface area contributed by atoms with Crippen molar-refractivity contribution in [2.45, 2.75) is 25.8 Å². The molecule has 14 heavy (non-hydrogen) atoms. The van der Waals surface area contributed by atoms with E-state index in [1.807, 2.05) is 6.20 Å². The number of rotatable bonds is 2. The van der Waals surface area contributed by atoms with E-state index in [1.54, 1.807) is 0 Å². The number of aryl methyl sites for hydroxylation is 2. The van der Waals surface area contributed by atoms with Gasteiger partial charge in [-0.05, 0) is 12.8 Å². The van der Waals surface area contributed by atoms with Crippen LogP contribution >= 0.6 is 0 Å². The fourth-order valence-electron chi connectivity index (χ4n) is 1.65. The van der Waals surface area contributed by atoms with Gasteiger partial charge in [0.25, 0.3) is 0 Å². The van der Waals surface area contributed by atoms with Gasteiger partial charge in [-0.3, -0.25) is 10.1 Å². The molecule has 0 amide bonds. The molecule has 0 radical (unpaired) electrons. The van der Waals surface area contributed by atoms with Gasteiger partial charge < -0.3 is 4.57 Å². The van der Waals surface area contributed by atoms with Gasteiger partial charge >= 0.3 is 0 Å². The highest BCUT2D eigenvalue weighted by molar-refractivity contribution is 5.42. The molecular weight excluding hydrogens is 182 g/mol. The smallest absolute Gasteiger partial charge is 0.236 e. The molecule has 2 heterocycles. The number of nitrogens with zero attached hydrogens (tertiary/aromatic N) is 3. The van der Waals surface area contributed by atoms with Crippen molar-refractivity contribution < 1.29 is 4.92 Å². The van der Waals surface area contributed by atoms with E-state index in [0.29, 0.717) is 5.69 Å². The summed E-state index contributed by atoms with van der Waals surface area (Å²) < 4.78 is 2.07. The van der Waals surface area contributed by atoms with E-state index in [0.717, 1.165) is 31.4 Å². The Bertz CT molecular complexity index is 358. The van der Waals surface area contributed by atoms with E-state index in [2.05, 4.69) is 9.55 Å². The molecule has 0 saturated heterocycles. The second kappa shape index (κ2) is 3.61.